The van der Waals surface area contributed by atoms with Crippen molar-refractivity contribution in [2.24, 2.45) is 7.05 Å². The molecule has 1 aliphatic rings. The number of rotatable bonds is 2. The van der Waals surface area contributed by atoms with Crippen molar-refractivity contribution < 1.29 is 4.79 Å². The minimum absolute atomic E-state index is 0.110. The van der Waals surface area contributed by atoms with Crippen LogP contribution in [0.25, 0.3) is 11.0 Å². The van der Waals surface area contributed by atoms with Crippen molar-refractivity contribution in [3.8, 4) is 0 Å². The number of fused-ring (bicyclic) bond motifs is 1. The van der Waals surface area contributed by atoms with E-state index in [9.17, 15) is 9.59 Å². The van der Waals surface area contributed by atoms with Crippen LogP contribution in [-0.4, -0.2) is 31.9 Å². The third kappa shape index (κ3) is 2.53. The highest BCUT2D eigenvalue weighted by atomic mass is 16.2. The van der Waals surface area contributed by atoms with Crippen LogP contribution < -0.4 is 5.56 Å². The predicted octanol–water partition coefficient (Wildman–Crippen LogP) is 2.86. The number of benzene rings is 1. The van der Waals surface area contributed by atoms with Gasteiger partial charge in [-0.05, 0) is 50.5 Å². The maximum Gasteiger partial charge on any atom is 0.261 e. The zero-order valence-corrected chi connectivity index (χ0v) is 15.2. The number of carbonyl (C=O) groups excluding carboxylic acids is 1. The van der Waals surface area contributed by atoms with Crippen LogP contribution in [0.2, 0.25) is 0 Å². The summed E-state index contributed by atoms with van der Waals surface area (Å²) in [5.74, 6) is 0.654. The van der Waals surface area contributed by atoms with Crippen molar-refractivity contribution in [3.63, 3.8) is 0 Å². The number of carbonyl (C=O) groups is 1. The first-order valence-electron chi connectivity index (χ1n) is 8.90. The molecule has 0 radical (unpaired) electrons. The number of likely N-dealkylation sites (tertiary alicyclic amines) is 1. The number of aryl methyl sites for hydroxylation is 3. The largest absolute Gasteiger partial charge is 0.329 e. The second kappa shape index (κ2) is 6.12. The maximum atomic E-state index is 13.1. The Bertz CT molecular complexity index is 1060. The summed E-state index contributed by atoms with van der Waals surface area (Å²) in [6, 6.07) is 9.54. The Morgan fingerprint density at radius 3 is 2.81 bits per heavy atom. The van der Waals surface area contributed by atoms with Crippen LogP contribution in [0.3, 0.4) is 0 Å². The lowest BCUT2D eigenvalue weighted by Crippen LogP contribution is -2.35. The van der Waals surface area contributed by atoms with Gasteiger partial charge in [0.1, 0.15) is 11.4 Å². The van der Waals surface area contributed by atoms with E-state index in [-0.39, 0.29) is 23.1 Å². The molecule has 134 valence electrons. The molecule has 1 amide bonds. The summed E-state index contributed by atoms with van der Waals surface area (Å²) in [6.45, 7) is 4.37. The molecule has 0 spiro atoms. The van der Waals surface area contributed by atoms with Crippen LogP contribution in [-0.2, 0) is 7.05 Å². The average Bonchev–Trinajstić information content (AvgIpc) is 3.22. The van der Waals surface area contributed by atoms with Gasteiger partial charge in [-0.1, -0.05) is 12.1 Å². The van der Waals surface area contributed by atoms with E-state index in [1.165, 1.54) is 0 Å². The summed E-state index contributed by atoms with van der Waals surface area (Å²) in [5, 5.41) is 0. The number of pyridine rings is 1. The van der Waals surface area contributed by atoms with E-state index in [0.717, 1.165) is 41.0 Å². The number of nitrogens with zero attached hydrogens (tertiary/aromatic N) is 3. The topological polar surface area (TPSA) is 71.0 Å². The van der Waals surface area contributed by atoms with Gasteiger partial charge in [0.2, 0.25) is 0 Å². The fourth-order valence-electron chi connectivity index (χ4n) is 3.78. The highest BCUT2D eigenvalue weighted by Crippen LogP contribution is 2.33. The van der Waals surface area contributed by atoms with Gasteiger partial charge in [-0.25, -0.2) is 4.98 Å². The van der Waals surface area contributed by atoms with Crippen LogP contribution in [0.5, 0.6) is 0 Å². The van der Waals surface area contributed by atoms with E-state index < -0.39 is 0 Å². The van der Waals surface area contributed by atoms with E-state index >= 15 is 0 Å². The van der Waals surface area contributed by atoms with Gasteiger partial charge in [0.25, 0.3) is 11.5 Å². The number of imidazole rings is 1. The Morgan fingerprint density at radius 2 is 2.04 bits per heavy atom. The summed E-state index contributed by atoms with van der Waals surface area (Å²) in [5.41, 5.74) is 3.55. The van der Waals surface area contributed by atoms with Crippen molar-refractivity contribution in [2.45, 2.75) is 32.7 Å². The molecule has 4 rings (SSSR count). The van der Waals surface area contributed by atoms with E-state index in [4.69, 9.17) is 4.98 Å². The Kier molecular flexibility index (Phi) is 3.90. The van der Waals surface area contributed by atoms with Gasteiger partial charge in [0.05, 0.1) is 17.1 Å². The molecule has 1 aliphatic heterocycles. The van der Waals surface area contributed by atoms with Gasteiger partial charge in [0, 0.05) is 19.3 Å². The summed E-state index contributed by atoms with van der Waals surface area (Å²) in [6.07, 6.45) is 1.76. The zero-order chi connectivity index (χ0) is 18.4. The molecule has 3 heterocycles. The van der Waals surface area contributed by atoms with Crippen LogP contribution >= 0.6 is 0 Å². The van der Waals surface area contributed by atoms with Crippen molar-refractivity contribution >= 4 is 16.9 Å². The minimum Gasteiger partial charge on any atom is -0.329 e. The van der Waals surface area contributed by atoms with E-state index in [1.54, 1.807) is 11.0 Å². The molecule has 3 aromatic rings. The monoisotopic (exact) mass is 350 g/mol. The SMILES string of the molecule is Cc1cc(C(=O)N2CCC[C@H]2c2nc3ccccc3n2C)c(=O)[nH]c1C. The van der Waals surface area contributed by atoms with Gasteiger partial charge in [-0.15, -0.1) is 0 Å². The number of amides is 1. The minimum atomic E-state index is -0.325. The Balaban J connectivity index is 1.75. The third-order valence-electron chi connectivity index (χ3n) is 5.36. The molecule has 1 atom stereocenters. The molecule has 6 heteroatoms. The number of nitrogens with one attached hydrogen (secondary N) is 1. The quantitative estimate of drug-likeness (QED) is 0.772. The first-order valence-corrected chi connectivity index (χ1v) is 8.90. The molecule has 6 nitrogen and oxygen atoms in total. The Hall–Kier alpha value is -2.89. The van der Waals surface area contributed by atoms with Crippen LogP contribution in [0.1, 0.15) is 46.3 Å². The number of aromatic amines is 1. The molecule has 0 unspecified atom stereocenters. The van der Waals surface area contributed by atoms with Gasteiger partial charge in [-0.3, -0.25) is 9.59 Å². The highest BCUT2D eigenvalue weighted by Gasteiger charge is 2.34. The first-order chi connectivity index (χ1) is 12.5. The predicted molar refractivity (Wildman–Crippen MR) is 100 cm³/mol. The third-order valence-corrected chi connectivity index (χ3v) is 5.36. The number of hydrogen-bond acceptors (Lipinski definition) is 3. The second-order valence-electron chi connectivity index (χ2n) is 6.99. The lowest BCUT2D eigenvalue weighted by atomic mass is 10.1. The fourth-order valence-corrected chi connectivity index (χ4v) is 3.78. The molecule has 1 fully saturated rings. The smallest absolute Gasteiger partial charge is 0.261 e. The molecular formula is C20H22N4O2. The van der Waals surface area contributed by atoms with Gasteiger partial charge >= 0.3 is 0 Å². The number of aromatic nitrogens is 3. The van der Waals surface area contributed by atoms with Gasteiger partial charge in [-0.2, -0.15) is 0 Å². The summed E-state index contributed by atoms with van der Waals surface area (Å²) >= 11 is 0. The Labute approximate surface area is 151 Å². The van der Waals surface area contributed by atoms with Gasteiger partial charge in [0.15, 0.2) is 0 Å². The number of hydrogen-bond donors (Lipinski definition) is 1. The van der Waals surface area contributed by atoms with E-state index in [1.807, 2.05) is 45.2 Å². The molecule has 1 N–H and O–H groups in total. The molecule has 1 saturated heterocycles. The fraction of sp³-hybridized carbons (Fsp3) is 0.350. The summed E-state index contributed by atoms with van der Waals surface area (Å²) < 4.78 is 2.05. The van der Waals surface area contributed by atoms with E-state index in [2.05, 4.69) is 9.55 Å². The van der Waals surface area contributed by atoms with Crippen molar-refractivity contribution in [1.82, 2.24) is 19.4 Å². The first kappa shape index (κ1) is 16.6. The van der Waals surface area contributed by atoms with Crippen molar-refractivity contribution in [2.75, 3.05) is 6.54 Å². The van der Waals surface area contributed by atoms with Crippen LogP contribution in [0, 0.1) is 13.8 Å². The lowest BCUT2D eigenvalue weighted by Gasteiger charge is -2.24. The normalized spacial score (nSPS) is 17.2. The van der Waals surface area contributed by atoms with Crippen molar-refractivity contribution in [1.29, 1.82) is 0 Å². The average molecular weight is 350 g/mol. The molecule has 26 heavy (non-hydrogen) atoms. The highest BCUT2D eigenvalue weighted by molar-refractivity contribution is 5.94. The molecule has 0 saturated carbocycles. The Morgan fingerprint density at radius 1 is 1.27 bits per heavy atom. The van der Waals surface area contributed by atoms with Gasteiger partial charge < -0.3 is 14.5 Å². The summed E-state index contributed by atoms with van der Waals surface area (Å²) in [7, 11) is 1.98. The molecule has 0 bridgehead atoms. The molecule has 0 aliphatic carbocycles. The van der Waals surface area contributed by atoms with Crippen molar-refractivity contribution in [3.05, 3.63) is 63.3 Å². The number of H-pyrrole nitrogens is 1. The lowest BCUT2D eigenvalue weighted by molar-refractivity contribution is 0.0726. The maximum absolute atomic E-state index is 13.1. The summed E-state index contributed by atoms with van der Waals surface area (Å²) in [4.78, 5) is 34.8. The standard InChI is InChI=1S/C20H22N4O2/c1-12-11-14(19(25)21-13(12)2)20(26)24-10-6-9-17(24)18-22-15-7-4-5-8-16(15)23(18)3/h4-5,7-8,11,17H,6,9-10H2,1-3H3,(H,21,25)/t17-/m0/s1. The second-order valence-corrected chi connectivity index (χ2v) is 6.99. The molecule has 1 aromatic carbocycles. The van der Waals surface area contributed by atoms with E-state index in [0.29, 0.717) is 6.54 Å². The van der Waals surface area contributed by atoms with Crippen LogP contribution in [0.4, 0.5) is 0 Å². The zero-order valence-electron chi connectivity index (χ0n) is 15.2. The molecular weight excluding hydrogens is 328 g/mol. The molecule has 2 aromatic heterocycles. The van der Waals surface area contributed by atoms with Crippen LogP contribution in [0.15, 0.2) is 35.1 Å². The number of para-hydroxylation sites is 2.